The average Bonchev–Trinajstić information content (AvgIpc) is 2.67. The molecule has 3 heteroatoms. The van der Waals surface area contributed by atoms with Gasteiger partial charge in [0, 0.05) is 0 Å². The Labute approximate surface area is 172 Å². The third-order valence-electron chi connectivity index (χ3n) is 5.98. The van der Waals surface area contributed by atoms with Gasteiger partial charge in [0.15, 0.2) is 0 Å². The second kappa shape index (κ2) is 12.1. The molecule has 1 rings (SSSR count). The van der Waals surface area contributed by atoms with Gasteiger partial charge in [-0.2, -0.15) is 0 Å². The van der Waals surface area contributed by atoms with Crippen molar-refractivity contribution in [1.29, 1.82) is 0 Å². The van der Waals surface area contributed by atoms with Crippen LogP contribution in [0.4, 0.5) is 0 Å². The average molecular weight is 481 g/mol. The number of ether oxygens (including phenoxy) is 1. The molecule has 0 heterocycles. The van der Waals surface area contributed by atoms with Crippen LogP contribution in [0.15, 0.2) is 24.3 Å². The van der Waals surface area contributed by atoms with Gasteiger partial charge in [0.05, 0.1) is 0 Å². The Kier molecular flexibility index (Phi) is 11.0. The summed E-state index contributed by atoms with van der Waals surface area (Å²) in [6.45, 7) is 10.9. The predicted octanol–water partition coefficient (Wildman–Crippen LogP) is 6.48. The normalized spacial score (nSPS) is 12.2. The fraction of sp³-hybridized carbons (Fsp3) is 0.708. The van der Waals surface area contributed by atoms with Crippen molar-refractivity contribution in [2.75, 3.05) is 7.11 Å². The Balaban J connectivity index is 3.08. The van der Waals surface area contributed by atoms with E-state index >= 15 is 0 Å². The van der Waals surface area contributed by atoms with E-state index in [2.05, 4.69) is 45.0 Å². The van der Waals surface area contributed by atoms with E-state index in [1.807, 2.05) is 13.8 Å². The number of rotatable bonds is 13. The number of carbonyl (C=O) groups excluding carboxylic acids is 1. The van der Waals surface area contributed by atoms with E-state index in [0.717, 1.165) is 6.42 Å². The van der Waals surface area contributed by atoms with Crippen LogP contribution in [0.1, 0.15) is 78.7 Å². The van der Waals surface area contributed by atoms with Crippen molar-refractivity contribution < 1.29 is 9.53 Å². The van der Waals surface area contributed by atoms with E-state index in [1.54, 1.807) is 3.58 Å². The van der Waals surface area contributed by atoms with Gasteiger partial charge in [-0.25, -0.2) is 0 Å². The Bertz CT molecular complexity index is 526. The summed E-state index contributed by atoms with van der Waals surface area (Å²) in [5.41, 5.74) is 0.777. The van der Waals surface area contributed by atoms with Crippen LogP contribution in [0.5, 0.6) is 0 Å². The molecule has 1 aromatic carbocycles. The molecule has 0 aromatic heterocycles. The van der Waals surface area contributed by atoms with Gasteiger partial charge >= 0.3 is 173 Å². The van der Waals surface area contributed by atoms with Crippen LogP contribution in [0.3, 0.4) is 0 Å². The predicted molar refractivity (Wildman–Crippen MR) is 120 cm³/mol. The zero-order valence-electron chi connectivity index (χ0n) is 18.7. The van der Waals surface area contributed by atoms with Crippen molar-refractivity contribution >= 4 is 27.9 Å². The molecule has 1 aromatic rings. The summed E-state index contributed by atoms with van der Waals surface area (Å²) < 4.78 is 11.2. The fourth-order valence-corrected chi connectivity index (χ4v) is 20.1. The van der Waals surface area contributed by atoms with Gasteiger partial charge in [-0.05, 0) is 0 Å². The Morgan fingerprint density at radius 3 is 1.70 bits per heavy atom. The summed E-state index contributed by atoms with van der Waals surface area (Å²) in [6, 6.07) is 9.44. The van der Waals surface area contributed by atoms with Gasteiger partial charge in [-0.15, -0.1) is 0 Å². The number of carbonyl (C=O) groups is 1. The number of hydrogen-bond acceptors (Lipinski definition) is 2. The van der Waals surface area contributed by atoms with Crippen molar-refractivity contribution in [3.8, 4) is 0 Å². The van der Waals surface area contributed by atoms with Crippen LogP contribution in [-0.4, -0.2) is 31.5 Å². The molecule has 0 N–H and O–H groups in total. The van der Waals surface area contributed by atoms with Gasteiger partial charge in [0.25, 0.3) is 0 Å². The maximum absolute atomic E-state index is 12.0. The summed E-state index contributed by atoms with van der Waals surface area (Å²) in [6.07, 6.45) is 8.83. The zero-order valence-corrected chi connectivity index (χ0v) is 21.6. The van der Waals surface area contributed by atoms with Crippen molar-refractivity contribution in [1.82, 2.24) is 0 Å². The Hall–Kier alpha value is -0.511. The molecule has 0 amide bonds. The first-order valence-corrected chi connectivity index (χ1v) is 18.5. The molecule has 2 nitrogen and oxygen atoms in total. The molecule has 0 atom stereocenters. The van der Waals surface area contributed by atoms with E-state index in [-0.39, 0.29) is 5.97 Å². The molecule has 0 aliphatic rings. The first-order valence-electron chi connectivity index (χ1n) is 11.0. The molecule has 0 bridgehead atoms. The molecule has 0 aliphatic heterocycles. The molecule has 0 spiro atoms. The third-order valence-corrected chi connectivity index (χ3v) is 21.6. The van der Waals surface area contributed by atoms with Crippen LogP contribution in [-0.2, 0) is 16.0 Å². The van der Waals surface area contributed by atoms with Gasteiger partial charge in [0.2, 0.25) is 0 Å². The molecule has 0 saturated carbocycles. The quantitative estimate of drug-likeness (QED) is 0.238. The number of hydrogen-bond donors (Lipinski definition) is 0. The Morgan fingerprint density at radius 1 is 0.889 bits per heavy atom. The standard InChI is InChI=1S/C12H15O2.3C4H9.Sn/c1-12(2,11(13)14-3)9-10-7-5-4-6-8-10;3*1-3-4-2;/h5-8H,9H2,1-3H3;3*1,3-4H2,2H3;. The van der Waals surface area contributed by atoms with Gasteiger partial charge in [-0.3, -0.25) is 0 Å². The molecular formula is C24H42O2Sn. The van der Waals surface area contributed by atoms with Crippen LogP contribution in [0, 0.1) is 5.41 Å². The van der Waals surface area contributed by atoms with Crippen molar-refractivity contribution in [2.24, 2.45) is 5.41 Å². The van der Waals surface area contributed by atoms with Crippen molar-refractivity contribution in [3.63, 3.8) is 0 Å². The van der Waals surface area contributed by atoms with Gasteiger partial charge in [-0.1, -0.05) is 0 Å². The van der Waals surface area contributed by atoms with E-state index < -0.39 is 23.8 Å². The van der Waals surface area contributed by atoms with Crippen LogP contribution in [0.25, 0.3) is 0 Å². The molecular weight excluding hydrogens is 439 g/mol. The molecule has 27 heavy (non-hydrogen) atoms. The molecule has 0 aliphatic carbocycles. The third kappa shape index (κ3) is 7.44. The van der Waals surface area contributed by atoms with Crippen LogP contribution >= 0.6 is 0 Å². The van der Waals surface area contributed by atoms with Gasteiger partial charge in [0.1, 0.15) is 0 Å². The number of methoxy groups -OCH3 is 1. The summed E-state index contributed by atoms with van der Waals surface area (Å²) in [5, 5.41) is 0. The van der Waals surface area contributed by atoms with Crippen molar-refractivity contribution in [2.45, 2.75) is 92.9 Å². The SMILES string of the molecule is CCC[CH2][Sn]([CH2]CCC)([CH2]CCC)[c]1ccc(CC(C)(C)C(=O)OC)cc1. The number of unbranched alkanes of at least 4 members (excludes halogenated alkanes) is 3. The molecule has 0 radical (unpaired) electrons. The monoisotopic (exact) mass is 482 g/mol. The molecule has 0 saturated heterocycles. The maximum atomic E-state index is 12.0. The topological polar surface area (TPSA) is 26.3 Å². The second-order valence-corrected chi connectivity index (χ2v) is 22.1. The van der Waals surface area contributed by atoms with Gasteiger partial charge < -0.3 is 0 Å². The number of esters is 1. The van der Waals surface area contributed by atoms with Crippen molar-refractivity contribution in [3.05, 3.63) is 29.8 Å². The molecule has 0 fully saturated rings. The van der Waals surface area contributed by atoms with E-state index in [4.69, 9.17) is 4.74 Å². The first-order chi connectivity index (χ1) is 12.8. The fourth-order valence-electron chi connectivity index (χ4n) is 4.19. The van der Waals surface area contributed by atoms with Crippen LogP contribution < -0.4 is 3.58 Å². The first kappa shape index (κ1) is 24.5. The number of benzene rings is 1. The van der Waals surface area contributed by atoms with Crippen LogP contribution in [0.2, 0.25) is 13.3 Å². The summed E-state index contributed by atoms with van der Waals surface area (Å²) >= 11 is -2.33. The minimum atomic E-state index is -2.33. The molecule has 154 valence electrons. The van der Waals surface area contributed by atoms with E-state index in [0.29, 0.717) is 0 Å². The summed E-state index contributed by atoms with van der Waals surface area (Å²) in [7, 11) is 1.48. The zero-order chi connectivity index (χ0) is 20.3. The summed E-state index contributed by atoms with van der Waals surface area (Å²) in [4.78, 5) is 12.0. The summed E-state index contributed by atoms with van der Waals surface area (Å²) in [5.74, 6) is -0.131. The Morgan fingerprint density at radius 2 is 1.33 bits per heavy atom. The molecule has 0 unspecified atom stereocenters. The second-order valence-electron chi connectivity index (χ2n) is 8.84. The minimum absolute atomic E-state index is 0.131. The van der Waals surface area contributed by atoms with E-state index in [9.17, 15) is 4.79 Å². The van der Waals surface area contributed by atoms with E-state index in [1.165, 1.54) is 64.5 Å².